The van der Waals surface area contributed by atoms with Gasteiger partial charge in [-0.3, -0.25) is 9.59 Å². The van der Waals surface area contributed by atoms with Gasteiger partial charge in [-0.05, 0) is 25.8 Å². The molecule has 6 nitrogen and oxygen atoms in total. The van der Waals surface area contributed by atoms with Crippen LogP contribution in [0, 0.1) is 12.8 Å². The zero-order chi connectivity index (χ0) is 17.8. The van der Waals surface area contributed by atoms with Crippen LogP contribution in [0.1, 0.15) is 18.7 Å². The van der Waals surface area contributed by atoms with Gasteiger partial charge in [0.05, 0.1) is 24.3 Å². The topological polar surface area (TPSA) is 72.4 Å². The first kappa shape index (κ1) is 17.7. The highest BCUT2D eigenvalue weighted by atomic mass is 32.2. The number of para-hydroxylation sites is 1. The van der Waals surface area contributed by atoms with Crippen LogP contribution in [0.4, 0.5) is 0 Å². The Bertz CT molecular complexity index is 788. The number of esters is 1. The van der Waals surface area contributed by atoms with Crippen LogP contribution >= 0.6 is 11.8 Å². The van der Waals surface area contributed by atoms with Crippen LogP contribution in [-0.2, 0) is 14.3 Å². The first-order valence-electron chi connectivity index (χ1n) is 8.30. The minimum absolute atomic E-state index is 0.0775. The molecule has 2 aromatic rings. The molecule has 0 bridgehead atoms. The first-order valence-corrected chi connectivity index (χ1v) is 9.29. The molecular formula is C18H21N3O3S. The number of carbonyl (C=O) groups excluding carboxylic acids is 2. The Hall–Kier alpha value is -2.15. The zero-order valence-electron chi connectivity index (χ0n) is 14.4. The predicted molar refractivity (Wildman–Crippen MR) is 96.3 cm³/mol. The number of ether oxygens (including phenoxy) is 1. The number of hydrogen-bond donors (Lipinski definition) is 0. The maximum atomic E-state index is 12.5. The highest BCUT2D eigenvalue weighted by Gasteiger charge is 2.27. The molecule has 25 heavy (non-hydrogen) atoms. The van der Waals surface area contributed by atoms with Crippen LogP contribution in [-0.4, -0.2) is 52.7 Å². The number of benzene rings is 1. The van der Waals surface area contributed by atoms with Gasteiger partial charge in [0.25, 0.3) is 0 Å². The second-order valence-corrected chi connectivity index (χ2v) is 7.02. The van der Waals surface area contributed by atoms with Crippen molar-refractivity contribution >= 4 is 34.5 Å². The quantitative estimate of drug-likeness (QED) is 0.474. The van der Waals surface area contributed by atoms with Gasteiger partial charge in [-0.2, -0.15) is 0 Å². The van der Waals surface area contributed by atoms with Gasteiger partial charge in [-0.15, -0.1) is 0 Å². The van der Waals surface area contributed by atoms with Gasteiger partial charge in [0.15, 0.2) is 0 Å². The van der Waals surface area contributed by atoms with E-state index in [-0.39, 0.29) is 17.8 Å². The molecule has 1 saturated heterocycles. The van der Waals surface area contributed by atoms with Crippen molar-refractivity contribution in [1.82, 2.24) is 14.9 Å². The molecule has 1 aromatic carbocycles. The number of aryl methyl sites for hydroxylation is 1. The summed E-state index contributed by atoms with van der Waals surface area (Å²) >= 11 is 1.44. The number of aromatic nitrogens is 2. The van der Waals surface area contributed by atoms with Gasteiger partial charge in [-0.1, -0.05) is 30.0 Å². The van der Waals surface area contributed by atoms with E-state index >= 15 is 0 Å². The maximum Gasteiger partial charge on any atom is 0.308 e. The second-order valence-electron chi connectivity index (χ2n) is 6.06. The van der Waals surface area contributed by atoms with E-state index in [0.29, 0.717) is 37.5 Å². The third-order valence-corrected chi connectivity index (χ3v) is 5.37. The summed E-state index contributed by atoms with van der Waals surface area (Å²) in [5, 5.41) is 1.80. The summed E-state index contributed by atoms with van der Waals surface area (Å²) in [4.78, 5) is 34.8. The van der Waals surface area contributed by atoms with Gasteiger partial charge in [-0.25, -0.2) is 9.97 Å². The van der Waals surface area contributed by atoms with Crippen molar-refractivity contribution < 1.29 is 14.3 Å². The maximum absolute atomic E-state index is 12.5. The van der Waals surface area contributed by atoms with Crippen LogP contribution in [0.5, 0.6) is 0 Å². The molecule has 132 valence electrons. The summed E-state index contributed by atoms with van der Waals surface area (Å²) in [6.07, 6.45) is 1.33. The van der Waals surface area contributed by atoms with Crippen LogP contribution in [0.15, 0.2) is 29.3 Å². The fourth-order valence-corrected chi connectivity index (χ4v) is 3.99. The van der Waals surface area contributed by atoms with Crippen molar-refractivity contribution in [1.29, 1.82) is 0 Å². The van der Waals surface area contributed by atoms with Crippen molar-refractivity contribution in [3.63, 3.8) is 0 Å². The normalized spacial score (nSPS) is 15.4. The average molecular weight is 359 g/mol. The minimum atomic E-state index is -0.176. The Morgan fingerprint density at radius 3 is 2.68 bits per heavy atom. The van der Waals surface area contributed by atoms with Crippen molar-refractivity contribution in [3.8, 4) is 0 Å². The lowest BCUT2D eigenvalue weighted by Crippen LogP contribution is -2.41. The fraction of sp³-hybridized carbons (Fsp3) is 0.444. The number of rotatable bonds is 4. The molecule has 0 spiro atoms. The van der Waals surface area contributed by atoms with E-state index in [1.807, 2.05) is 36.1 Å². The predicted octanol–water partition coefficient (Wildman–Crippen LogP) is 2.44. The van der Waals surface area contributed by atoms with Crippen molar-refractivity contribution in [2.45, 2.75) is 24.8 Å². The summed E-state index contributed by atoms with van der Waals surface area (Å²) in [5.41, 5.74) is 0.892. The number of thioether (sulfide) groups is 1. The van der Waals surface area contributed by atoms with Gasteiger partial charge in [0.1, 0.15) is 10.9 Å². The number of piperidine rings is 1. The molecular weight excluding hydrogens is 338 g/mol. The van der Waals surface area contributed by atoms with E-state index in [0.717, 1.165) is 15.9 Å². The number of nitrogens with zero attached hydrogens (tertiary/aromatic N) is 3. The van der Waals surface area contributed by atoms with Crippen LogP contribution in [0.3, 0.4) is 0 Å². The summed E-state index contributed by atoms with van der Waals surface area (Å²) in [6.45, 7) is 3.06. The van der Waals surface area contributed by atoms with Crippen molar-refractivity contribution in [3.05, 3.63) is 30.1 Å². The molecule has 0 radical (unpaired) electrons. The van der Waals surface area contributed by atoms with Crippen LogP contribution in [0.2, 0.25) is 0 Å². The Morgan fingerprint density at radius 1 is 1.24 bits per heavy atom. The lowest BCUT2D eigenvalue weighted by atomic mass is 9.97. The zero-order valence-corrected chi connectivity index (χ0v) is 15.2. The highest BCUT2D eigenvalue weighted by molar-refractivity contribution is 8.00. The monoisotopic (exact) mass is 359 g/mol. The number of methoxy groups -OCH3 is 1. The van der Waals surface area contributed by atoms with Gasteiger partial charge >= 0.3 is 5.97 Å². The Morgan fingerprint density at radius 2 is 1.96 bits per heavy atom. The molecule has 1 aliphatic rings. The molecule has 0 atom stereocenters. The molecule has 1 aliphatic heterocycles. The molecule has 2 heterocycles. The van der Waals surface area contributed by atoms with Gasteiger partial charge in [0, 0.05) is 18.5 Å². The second kappa shape index (κ2) is 7.82. The molecule has 0 aliphatic carbocycles. The summed E-state index contributed by atoms with van der Waals surface area (Å²) in [6, 6.07) is 7.82. The largest absolute Gasteiger partial charge is 0.469 e. The molecule has 0 saturated carbocycles. The summed E-state index contributed by atoms with van der Waals surface area (Å²) in [7, 11) is 1.41. The molecule has 1 aromatic heterocycles. The van der Waals surface area contributed by atoms with E-state index in [2.05, 4.69) is 9.97 Å². The third kappa shape index (κ3) is 4.10. The average Bonchev–Trinajstić information content (AvgIpc) is 2.65. The van der Waals surface area contributed by atoms with E-state index in [4.69, 9.17) is 4.74 Å². The molecule has 1 fully saturated rings. The minimum Gasteiger partial charge on any atom is -0.469 e. The van der Waals surface area contributed by atoms with E-state index in [1.165, 1.54) is 18.9 Å². The fourth-order valence-electron chi connectivity index (χ4n) is 3.02. The number of fused-ring (bicyclic) bond motifs is 1. The summed E-state index contributed by atoms with van der Waals surface area (Å²) < 4.78 is 4.78. The standard InChI is InChI=1S/C18H21N3O3S/c1-12-19-15-6-4-3-5-14(15)17(20-12)25-11-16(22)21-9-7-13(8-10-21)18(23)24-2/h3-6,13H,7-11H2,1-2H3. The van der Waals surface area contributed by atoms with E-state index in [9.17, 15) is 9.59 Å². The van der Waals surface area contributed by atoms with Crippen LogP contribution < -0.4 is 0 Å². The first-order chi connectivity index (χ1) is 12.1. The van der Waals surface area contributed by atoms with Gasteiger partial charge in [0.2, 0.25) is 5.91 Å². The number of carbonyl (C=O) groups is 2. The van der Waals surface area contributed by atoms with Crippen molar-refractivity contribution in [2.24, 2.45) is 5.92 Å². The van der Waals surface area contributed by atoms with Crippen molar-refractivity contribution in [2.75, 3.05) is 26.0 Å². The molecule has 0 unspecified atom stereocenters. The van der Waals surface area contributed by atoms with Gasteiger partial charge < -0.3 is 9.64 Å². The van der Waals surface area contributed by atoms with E-state index in [1.54, 1.807) is 0 Å². The number of likely N-dealkylation sites (tertiary alicyclic amines) is 1. The number of amides is 1. The Labute approximate surface area is 151 Å². The van der Waals surface area contributed by atoms with Crippen LogP contribution in [0.25, 0.3) is 10.9 Å². The Kier molecular flexibility index (Phi) is 5.53. The Balaban J connectivity index is 1.61. The molecule has 3 rings (SSSR count). The smallest absolute Gasteiger partial charge is 0.308 e. The third-order valence-electron chi connectivity index (χ3n) is 4.39. The van der Waals surface area contributed by atoms with E-state index < -0.39 is 0 Å². The lowest BCUT2D eigenvalue weighted by molar-refractivity contribution is -0.148. The lowest BCUT2D eigenvalue weighted by Gasteiger charge is -2.30. The SMILES string of the molecule is COC(=O)C1CCN(C(=O)CSc2nc(C)nc3ccccc23)CC1. The molecule has 7 heteroatoms. The molecule has 0 N–H and O–H groups in total. The summed E-state index contributed by atoms with van der Waals surface area (Å²) in [5.74, 6) is 0.851. The molecule has 1 amide bonds. The highest BCUT2D eigenvalue weighted by Crippen LogP contribution is 2.26. The number of hydrogen-bond acceptors (Lipinski definition) is 6.